The number of hydrogen-bond donors (Lipinski definition) is 5. The molecule has 4 aromatic rings. The van der Waals surface area contributed by atoms with E-state index in [1.807, 2.05) is 26.2 Å². The summed E-state index contributed by atoms with van der Waals surface area (Å²) < 4.78 is 7.96. The molecule has 1 aliphatic heterocycles. The summed E-state index contributed by atoms with van der Waals surface area (Å²) in [7, 11) is 5.67. The number of ether oxygens (including phenoxy) is 1. The fraction of sp³-hybridized carbons (Fsp3) is 0.276. The van der Waals surface area contributed by atoms with E-state index >= 15 is 0 Å². The molecule has 0 spiro atoms. The fourth-order valence-electron chi connectivity index (χ4n) is 5.07. The van der Waals surface area contributed by atoms with Gasteiger partial charge in [-0.3, -0.25) is 0 Å². The van der Waals surface area contributed by atoms with Crippen molar-refractivity contribution in [2.24, 2.45) is 5.73 Å². The number of methoxy groups -OCH3 is 1. The van der Waals surface area contributed by atoms with Crippen molar-refractivity contribution in [1.29, 1.82) is 5.41 Å². The van der Waals surface area contributed by atoms with Crippen LogP contribution in [-0.2, 0) is 13.0 Å². The molecular weight excluding hydrogens is 490 g/mol. The third-order valence-electron chi connectivity index (χ3n) is 7.01. The smallest absolute Gasteiger partial charge is 0.227 e. The zero-order valence-corrected chi connectivity index (χ0v) is 22.6. The standard InChI is InChI=1S/C29H35N9O/c1-37(2)11-9-33-24-13-26(39-3)25(12-23(24)32)35-29-34-16-21(19(14-30)15-31)27(36-29)22-17-38-10-5-7-18-6-4-8-20(22)28(18)38/h4,6,8,12-17,30,33H,5,7,9-11,31-32H2,1-3H3,(H,34,35,36)/b19-15+,30-14?. The number of nitrogen functional groups attached to an aromatic ring is 1. The monoisotopic (exact) mass is 525 g/mol. The Kier molecular flexibility index (Phi) is 7.38. The minimum atomic E-state index is 0.382. The van der Waals surface area contributed by atoms with E-state index in [9.17, 15) is 0 Å². The van der Waals surface area contributed by atoms with Crippen LogP contribution in [0.2, 0.25) is 0 Å². The van der Waals surface area contributed by atoms with E-state index < -0.39 is 0 Å². The number of likely N-dealkylation sites (N-methyl/N-ethyl adjacent to an activating group) is 1. The van der Waals surface area contributed by atoms with E-state index in [0.717, 1.165) is 49.1 Å². The van der Waals surface area contributed by atoms with Crippen molar-refractivity contribution in [2.75, 3.05) is 50.7 Å². The third kappa shape index (κ3) is 5.10. The zero-order valence-electron chi connectivity index (χ0n) is 22.6. The van der Waals surface area contributed by atoms with E-state index in [1.165, 1.54) is 23.5 Å². The van der Waals surface area contributed by atoms with Crippen molar-refractivity contribution in [3.63, 3.8) is 0 Å². The minimum Gasteiger partial charge on any atom is -0.494 e. The van der Waals surface area contributed by atoms with Crippen molar-refractivity contribution < 1.29 is 4.74 Å². The van der Waals surface area contributed by atoms with E-state index in [0.29, 0.717) is 39.9 Å². The number of benzene rings is 2. The van der Waals surface area contributed by atoms with Gasteiger partial charge >= 0.3 is 0 Å². The Labute approximate surface area is 228 Å². The maximum Gasteiger partial charge on any atom is 0.227 e. The highest BCUT2D eigenvalue weighted by Crippen LogP contribution is 2.39. The normalized spacial score (nSPS) is 13.1. The van der Waals surface area contributed by atoms with E-state index in [1.54, 1.807) is 13.3 Å². The van der Waals surface area contributed by atoms with Crippen LogP contribution in [0.3, 0.4) is 0 Å². The van der Waals surface area contributed by atoms with Crippen LogP contribution >= 0.6 is 0 Å². The second-order valence-corrected chi connectivity index (χ2v) is 9.87. The molecule has 39 heavy (non-hydrogen) atoms. The van der Waals surface area contributed by atoms with Crippen LogP contribution in [-0.4, -0.2) is 59.9 Å². The quantitative estimate of drug-likeness (QED) is 0.152. The highest BCUT2D eigenvalue weighted by Gasteiger charge is 2.21. The third-order valence-corrected chi connectivity index (χ3v) is 7.01. The first-order chi connectivity index (χ1) is 18.9. The Morgan fingerprint density at radius 1 is 1.26 bits per heavy atom. The van der Waals surface area contributed by atoms with Crippen LogP contribution in [0.4, 0.5) is 23.0 Å². The molecule has 7 N–H and O–H groups in total. The summed E-state index contributed by atoms with van der Waals surface area (Å²) in [5.41, 5.74) is 19.8. The van der Waals surface area contributed by atoms with Gasteiger partial charge in [-0.15, -0.1) is 0 Å². The summed E-state index contributed by atoms with van der Waals surface area (Å²) in [6.07, 6.45) is 8.64. The summed E-state index contributed by atoms with van der Waals surface area (Å²) in [6, 6.07) is 10.1. The first-order valence-corrected chi connectivity index (χ1v) is 13.0. The molecular formula is C29H35N9O. The minimum absolute atomic E-state index is 0.382. The number of rotatable bonds is 10. The first kappa shape index (κ1) is 26.1. The molecule has 0 bridgehead atoms. The number of anilines is 4. The average molecular weight is 526 g/mol. The highest BCUT2D eigenvalue weighted by molar-refractivity contribution is 6.11. The largest absolute Gasteiger partial charge is 0.494 e. The lowest BCUT2D eigenvalue weighted by atomic mass is 9.99. The number of para-hydroxylation sites is 1. The summed E-state index contributed by atoms with van der Waals surface area (Å²) >= 11 is 0. The van der Waals surface area contributed by atoms with Gasteiger partial charge < -0.3 is 41.7 Å². The van der Waals surface area contributed by atoms with Crippen molar-refractivity contribution in [2.45, 2.75) is 19.4 Å². The summed E-state index contributed by atoms with van der Waals surface area (Å²) in [5.74, 6) is 0.994. The van der Waals surface area contributed by atoms with Crippen molar-refractivity contribution >= 4 is 45.7 Å². The number of nitrogens with zero attached hydrogens (tertiary/aromatic N) is 4. The predicted octanol–water partition coefficient (Wildman–Crippen LogP) is 4.30. The van der Waals surface area contributed by atoms with Crippen LogP contribution in [0.5, 0.6) is 5.75 Å². The molecule has 5 rings (SSSR count). The molecule has 0 atom stereocenters. The molecule has 0 amide bonds. The fourth-order valence-corrected chi connectivity index (χ4v) is 5.07. The van der Waals surface area contributed by atoms with Gasteiger partial charge in [-0.25, -0.2) is 9.97 Å². The van der Waals surface area contributed by atoms with Gasteiger partial charge in [-0.05, 0) is 38.6 Å². The van der Waals surface area contributed by atoms with Gasteiger partial charge in [-0.1, -0.05) is 18.2 Å². The van der Waals surface area contributed by atoms with Crippen LogP contribution in [0.1, 0.15) is 17.5 Å². The maximum atomic E-state index is 7.92. The maximum absolute atomic E-state index is 7.92. The molecule has 0 saturated carbocycles. The number of nitrogens with two attached hydrogens (primary N) is 2. The Morgan fingerprint density at radius 3 is 2.85 bits per heavy atom. The Balaban J connectivity index is 1.56. The molecule has 10 nitrogen and oxygen atoms in total. The van der Waals surface area contributed by atoms with Crippen LogP contribution in [0.15, 0.2) is 48.9 Å². The lowest BCUT2D eigenvalue weighted by molar-refractivity contribution is 0.416. The average Bonchev–Trinajstić information content (AvgIpc) is 3.31. The van der Waals surface area contributed by atoms with Gasteiger partial charge in [0, 0.05) is 72.6 Å². The molecule has 202 valence electrons. The van der Waals surface area contributed by atoms with E-state index in [-0.39, 0.29) is 0 Å². The Morgan fingerprint density at radius 2 is 2.10 bits per heavy atom. The predicted molar refractivity (Wildman–Crippen MR) is 160 cm³/mol. The van der Waals surface area contributed by atoms with Gasteiger partial charge in [0.1, 0.15) is 5.75 Å². The van der Waals surface area contributed by atoms with Gasteiger partial charge in [0.05, 0.1) is 35.4 Å². The second kappa shape index (κ2) is 11.0. The van der Waals surface area contributed by atoms with Gasteiger partial charge in [0.2, 0.25) is 5.95 Å². The Bertz CT molecular complexity index is 1550. The molecule has 0 unspecified atom stereocenters. The summed E-state index contributed by atoms with van der Waals surface area (Å²) in [6.45, 7) is 2.58. The molecule has 0 fully saturated rings. The first-order valence-electron chi connectivity index (χ1n) is 13.0. The molecule has 0 saturated heterocycles. The number of hydrogen-bond acceptors (Lipinski definition) is 9. The molecule has 1 aliphatic rings. The van der Waals surface area contributed by atoms with Crippen molar-refractivity contribution in [3.8, 4) is 17.0 Å². The van der Waals surface area contributed by atoms with Crippen molar-refractivity contribution in [1.82, 2.24) is 19.4 Å². The number of aromatic nitrogens is 3. The van der Waals surface area contributed by atoms with Gasteiger partial charge in [0.15, 0.2) is 0 Å². The van der Waals surface area contributed by atoms with E-state index in [2.05, 4.69) is 49.5 Å². The number of aryl methyl sites for hydroxylation is 2. The number of allylic oxidation sites excluding steroid dienone is 1. The number of nitrogens with one attached hydrogen (secondary N) is 3. The lowest BCUT2D eigenvalue weighted by Gasteiger charge is -2.17. The highest BCUT2D eigenvalue weighted by atomic mass is 16.5. The topological polar surface area (TPSA) is 143 Å². The molecule has 10 heteroatoms. The van der Waals surface area contributed by atoms with Crippen LogP contribution in [0, 0.1) is 5.41 Å². The molecule has 2 aromatic heterocycles. The SMILES string of the molecule is COc1cc(NCCN(C)C)c(N)cc1Nc1ncc(/C(C=N)=C/N)c(-c2cn3c4c(cccc24)CCC3)n1. The zero-order chi connectivity index (χ0) is 27.5. The molecule has 0 radical (unpaired) electrons. The van der Waals surface area contributed by atoms with Gasteiger partial charge in [-0.2, -0.15) is 0 Å². The molecule has 0 aliphatic carbocycles. The molecule has 2 aromatic carbocycles. The summed E-state index contributed by atoms with van der Waals surface area (Å²) in [5, 5.41) is 15.7. The lowest BCUT2D eigenvalue weighted by Crippen LogP contribution is -2.21. The Hall–Kier alpha value is -4.57. The molecule has 3 heterocycles. The van der Waals surface area contributed by atoms with Crippen LogP contribution in [0.25, 0.3) is 27.7 Å². The van der Waals surface area contributed by atoms with Crippen molar-refractivity contribution in [3.05, 3.63) is 60.1 Å². The summed E-state index contributed by atoms with van der Waals surface area (Å²) in [4.78, 5) is 11.6. The second-order valence-electron chi connectivity index (χ2n) is 9.87. The van der Waals surface area contributed by atoms with E-state index in [4.69, 9.17) is 26.6 Å². The van der Waals surface area contributed by atoms with Gasteiger partial charge in [0.25, 0.3) is 0 Å². The van der Waals surface area contributed by atoms with Crippen LogP contribution < -0.4 is 26.8 Å².